The zero-order valence-electron chi connectivity index (χ0n) is 16.9. The molecule has 0 bridgehead atoms. The van der Waals surface area contributed by atoms with Crippen molar-refractivity contribution in [1.29, 1.82) is 0 Å². The Morgan fingerprint density at radius 2 is 1.69 bits per heavy atom. The maximum Gasteiger partial charge on any atom is 0.330 e. The van der Waals surface area contributed by atoms with Gasteiger partial charge in [0.15, 0.2) is 0 Å². The molecule has 1 aromatic rings. The lowest BCUT2D eigenvalue weighted by Crippen LogP contribution is -2.27. The highest BCUT2D eigenvalue weighted by Crippen LogP contribution is 2.07. The number of nitrogens with one attached hydrogen (secondary N) is 2. The Kier molecular flexibility index (Phi) is 12.8. The molecular formula is C21H31N3O5. The Hall–Kier alpha value is -2.71. The molecule has 160 valence electrons. The number of esters is 1. The second kappa shape index (κ2) is 15.2. The van der Waals surface area contributed by atoms with Crippen LogP contribution in [0.25, 0.3) is 0 Å². The van der Waals surface area contributed by atoms with Crippen LogP contribution < -0.4 is 10.6 Å². The van der Waals surface area contributed by atoms with Gasteiger partial charge in [-0.15, -0.1) is 0 Å². The van der Waals surface area contributed by atoms with Crippen molar-refractivity contribution in [3.8, 4) is 0 Å². The van der Waals surface area contributed by atoms with Crippen molar-refractivity contribution in [1.82, 2.24) is 10.4 Å². The van der Waals surface area contributed by atoms with Crippen LogP contribution in [-0.4, -0.2) is 54.8 Å². The van der Waals surface area contributed by atoms with E-state index < -0.39 is 11.9 Å². The molecule has 0 aromatic heterocycles. The first-order chi connectivity index (χ1) is 14.0. The summed E-state index contributed by atoms with van der Waals surface area (Å²) in [6, 6.07) is 9.42. The molecule has 0 saturated carbocycles. The largest absolute Gasteiger partial charge is 0.466 e. The summed E-state index contributed by atoms with van der Waals surface area (Å²) in [5, 5.41) is 16.3. The van der Waals surface area contributed by atoms with Gasteiger partial charge in [0.1, 0.15) is 0 Å². The van der Waals surface area contributed by atoms with Gasteiger partial charge in [-0.25, -0.2) is 9.86 Å². The lowest BCUT2D eigenvalue weighted by Gasteiger charge is -2.12. The zero-order chi connectivity index (χ0) is 21.3. The minimum absolute atomic E-state index is 0.0358. The molecule has 3 N–H and O–H groups in total. The van der Waals surface area contributed by atoms with Crippen LogP contribution >= 0.6 is 0 Å². The SMILES string of the molecule is COC(=O)C=CC(=O)N(O)CCCCNCCCCCC(=O)Nc1ccccc1. The van der Waals surface area contributed by atoms with E-state index in [9.17, 15) is 19.6 Å². The van der Waals surface area contributed by atoms with Crippen LogP contribution in [0.5, 0.6) is 0 Å². The third kappa shape index (κ3) is 12.4. The van der Waals surface area contributed by atoms with E-state index in [0.717, 1.165) is 56.6 Å². The number of para-hydroxylation sites is 1. The smallest absolute Gasteiger partial charge is 0.330 e. The first kappa shape index (κ1) is 24.3. The highest BCUT2D eigenvalue weighted by Gasteiger charge is 2.07. The second-order valence-electron chi connectivity index (χ2n) is 6.50. The molecule has 0 fully saturated rings. The van der Waals surface area contributed by atoms with Crippen LogP contribution in [0, 0.1) is 0 Å². The van der Waals surface area contributed by atoms with E-state index in [2.05, 4.69) is 15.4 Å². The van der Waals surface area contributed by atoms with Crippen molar-refractivity contribution < 1.29 is 24.3 Å². The highest BCUT2D eigenvalue weighted by molar-refractivity contribution is 5.94. The lowest BCUT2D eigenvalue weighted by atomic mass is 10.2. The number of hydroxylamine groups is 2. The predicted octanol–water partition coefficient (Wildman–Crippen LogP) is 2.50. The maximum absolute atomic E-state index is 11.8. The number of carbonyl (C=O) groups is 3. The average Bonchev–Trinajstić information content (AvgIpc) is 2.73. The maximum atomic E-state index is 11.8. The zero-order valence-corrected chi connectivity index (χ0v) is 16.9. The Morgan fingerprint density at radius 1 is 1.00 bits per heavy atom. The van der Waals surface area contributed by atoms with Crippen molar-refractivity contribution in [3.05, 3.63) is 42.5 Å². The van der Waals surface area contributed by atoms with Gasteiger partial charge in [-0.1, -0.05) is 24.6 Å². The van der Waals surface area contributed by atoms with Gasteiger partial charge < -0.3 is 15.4 Å². The summed E-state index contributed by atoms with van der Waals surface area (Å²) in [5.41, 5.74) is 0.821. The van der Waals surface area contributed by atoms with Crippen LogP contribution in [0.1, 0.15) is 38.5 Å². The molecule has 8 heteroatoms. The number of hydrogen-bond acceptors (Lipinski definition) is 6. The summed E-state index contributed by atoms with van der Waals surface area (Å²) < 4.78 is 4.37. The average molecular weight is 405 g/mol. The third-order valence-corrected chi connectivity index (χ3v) is 4.11. The summed E-state index contributed by atoms with van der Waals surface area (Å²) in [6.07, 6.45) is 6.72. The van der Waals surface area contributed by atoms with E-state index in [0.29, 0.717) is 17.9 Å². The minimum atomic E-state index is -0.653. The van der Waals surface area contributed by atoms with Gasteiger partial charge in [-0.05, 0) is 50.9 Å². The standard InChI is InChI=1S/C21H31N3O5/c1-29-21(27)14-13-20(26)24(28)17-9-8-16-22-15-7-3-6-12-19(25)23-18-10-4-2-5-11-18/h2,4-5,10-11,13-14,22,28H,3,6-9,12,15-17H2,1H3,(H,23,25). The molecule has 2 amide bonds. The van der Waals surface area contributed by atoms with Gasteiger partial charge in [0.25, 0.3) is 5.91 Å². The molecule has 0 atom stereocenters. The number of unbranched alkanes of at least 4 members (excludes halogenated alkanes) is 3. The predicted molar refractivity (Wildman–Crippen MR) is 110 cm³/mol. The number of methoxy groups -OCH3 is 1. The monoisotopic (exact) mass is 405 g/mol. The minimum Gasteiger partial charge on any atom is -0.466 e. The third-order valence-electron chi connectivity index (χ3n) is 4.11. The summed E-state index contributed by atoms with van der Waals surface area (Å²) in [4.78, 5) is 34.2. The number of amides is 2. The number of carbonyl (C=O) groups excluding carboxylic acids is 3. The van der Waals surface area contributed by atoms with E-state index >= 15 is 0 Å². The van der Waals surface area contributed by atoms with Crippen LogP contribution in [0.4, 0.5) is 5.69 Å². The molecule has 0 spiro atoms. The molecule has 0 heterocycles. The van der Waals surface area contributed by atoms with Crippen molar-refractivity contribution in [2.24, 2.45) is 0 Å². The molecule has 1 rings (SSSR count). The quantitative estimate of drug-likeness (QED) is 0.144. The van der Waals surface area contributed by atoms with Crippen LogP contribution in [0.15, 0.2) is 42.5 Å². The van der Waals surface area contributed by atoms with E-state index in [4.69, 9.17) is 0 Å². The van der Waals surface area contributed by atoms with Crippen LogP contribution in [0.3, 0.4) is 0 Å². The van der Waals surface area contributed by atoms with Gasteiger partial charge in [-0.3, -0.25) is 14.8 Å². The highest BCUT2D eigenvalue weighted by atomic mass is 16.5. The molecule has 0 unspecified atom stereocenters. The fourth-order valence-corrected chi connectivity index (χ4v) is 2.50. The first-order valence-corrected chi connectivity index (χ1v) is 9.85. The van der Waals surface area contributed by atoms with E-state index in [1.807, 2.05) is 30.3 Å². The molecule has 1 aromatic carbocycles. The molecular weight excluding hydrogens is 374 g/mol. The Morgan fingerprint density at radius 3 is 2.38 bits per heavy atom. The molecule has 8 nitrogen and oxygen atoms in total. The Bertz CT molecular complexity index is 649. The number of benzene rings is 1. The normalized spacial score (nSPS) is 10.7. The summed E-state index contributed by atoms with van der Waals surface area (Å²) >= 11 is 0. The molecule has 0 aliphatic carbocycles. The lowest BCUT2D eigenvalue weighted by molar-refractivity contribution is -0.159. The number of hydrogen-bond donors (Lipinski definition) is 3. The molecule has 0 aliphatic heterocycles. The summed E-state index contributed by atoms with van der Waals surface area (Å²) in [5.74, 6) is -1.26. The topological polar surface area (TPSA) is 108 Å². The molecule has 29 heavy (non-hydrogen) atoms. The van der Waals surface area contributed by atoms with Crippen LogP contribution in [0.2, 0.25) is 0 Å². The van der Waals surface area contributed by atoms with Crippen molar-refractivity contribution in [2.45, 2.75) is 38.5 Å². The van der Waals surface area contributed by atoms with Crippen molar-refractivity contribution in [3.63, 3.8) is 0 Å². The fourth-order valence-electron chi connectivity index (χ4n) is 2.50. The number of nitrogens with zero attached hydrogens (tertiary/aromatic N) is 1. The van der Waals surface area contributed by atoms with Gasteiger partial charge in [0.05, 0.1) is 7.11 Å². The Balaban J connectivity index is 1.94. The number of ether oxygens (including phenoxy) is 1. The molecule has 0 aliphatic rings. The van der Waals surface area contributed by atoms with Gasteiger partial charge >= 0.3 is 5.97 Å². The summed E-state index contributed by atoms with van der Waals surface area (Å²) in [7, 11) is 1.21. The van der Waals surface area contributed by atoms with Crippen molar-refractivity contribution >= 4 is 23.5 Å². The van der Waals surface area contributed by atoms with Gasteiger partial charge in [0, 0.05) is 30.8 Å². The number of anilines is 1. The Labute approximate surface area is 171 Å². The molecule has 0 saturated heterocycles. The van der Waals surface area contributed by atoms with Gasteiger partial charge in [0.2, 0.25) is 5.91 Å². The van der Waals surface area contributed by atoms with Crippen molar-refractivity contribution in [2.75, 3.05) is 32.1 Å². The van der Waals surface area contributed by atoms with E-state index in [1.165, 1.54) is 7.11 Å². The fraction of sp³-hybridized carbons (Fsp3) is 0.476. The van der Waals surface area contributed by atoms with E-state index in [-0.39, 0.29) is 12.5 Å². The number of rotatable bonds is 14. The summed E-state index contributed by atoms with van der Waals surface area (Å²) in [6.45, 7) is 1.85. The second-order valence-corrected chi connectivity index (χ2v) is 6.50. The van der Waals surface area contributed by atoms with Crippen LogP contribution in [-0.2, 0) is 19.1 Å². The first-order valence-electron chi connectivity index (χ1n) is 9.85. The van der Waals surface area contributed by atoms with Gasteiger partial charge in [-0.2, -0.15) is 0 Å². The molecule has 0 radical (unpaired) electrons. The van der Waals surface area contributed by atoms with E-state index in [1.54, 1.807) is 0 Å².